The number of aromatic nitrogens is 2. The number of carbonyl (C=O) groups is 1. The fraction of sp³-hybridized carbons (Fsp3) is 0.333. The molecule has 4 rings (SSSR count). The first kappa shape index (κ1) is 20.8. The Morgan fingerprint density at radius 1 is 1.03 bits per heavy atom. The molecule has 1 aromatic heterocycles. The summed E-state index contributed by atoms with van der Waals surface area (Å²) in [5, 5.41) is 13.6. The summed E-state index contributed by atoms with van der Waals surface area (Å²) in [5.41, 5.74) is 5.13. The highest BCUT2D eigenvalue weighted by Gasteiger charge is 2.31. The zero-order valence-corrected chi connectivity index (χ0v) is 18.3. The van der Waals surface area contributed by atoms with Crippen molar-refractivity contribution < 1.29 is 14.3 Å². The van der Waals surface area contributed by atoms with E-state index >= 15 is 0 Å². The van der Waals surface area contributed by atoms with Crippen LogP contribution in [-0.2, 0) is 0 Å². The minimum atomic E-state index is -0.303. The smallest absolute Gasteiger partial charge is 0.323 e. The summed E-state index contributed by atoms with van der Waals surface area (Å²) in [7, 11) is 3.20. The molecule has 162 valence electrons. The van der Waals surface area contributed by atoms with Crippen LogP contribution in [0, 0.1) is 0 Å². The lowest BCUT2D eigenvalue weighted by atomic mass is 10.0. The number of amides is 2. The third-order valence-corrected chi connectivity index (χ3v) is 5.51. The van der Waals surface area contributed by atoms with Gasteiger partial charge in [-0.15, -0.1) is 0 Å². The van der Waals surface area contributed by atoms with Gasteiger partial charge >= 0.3 is 6.03 Å². The summed E-state index contributed by atoms with van der Waals surface area (Å²) in [6, 6.07) is 13.2. The first-order valence-corrected chi connectivity index (χ1v) is 10.5. The van der Waals surface area contributed by atoms with Crippen LogP contribution < -0.4 is 20.1 Å². The van der Waals surface area contributed by atoms with Crippen molar-refractivity contribution in [1.82, 2.24) is 10.2 Å². The number of hydrogen-bond acceptors (Lipinski definition) is 4. The van der Waals surface area contributed by atoms with Gasteiger partial charge < -0.3 is 20.1 Å². The molecule has 1 fully saturated rings. The molecule has 0 radical (unpaired) electrons. The van der Waals surface area contributed by atoms with Crippen molar-refractivity contribution in [3.05, 3.63) is 53.7 Å². The Labute approximate surface area is 182 Å². The van der Waals surface area contributed by atoms with E-state index in [9.17, 15) is 4.79 Å². The minimum Gasteiger partial charge on any atom is -0.493 e. The van der Waals surface area contributed by atoms with Crippen LogP contribution in [0.15, 0.2) is 42.5 Å². The maximum absolute atomic E-state index is 12.8. The largest absolute Gasteiger partial charge is 0.493 e. The Kier molecular flexibility index (Phi) is 5.84. The van der Waals surface area contributed by atoms with Crippen LogP contribution in [-0.4, -0.2) is 30.4 Å². The van der Waals surface area contributed by atoms with Gasteiger partial charge in [0.2, 0.25) is 0 Å². The molecule has 3 N–H and O–H groups in total. The number of benzene rings is 2. The maximum Gasteiger partial charge on any atom is 0.323 e. The molecule has 31 heavy (non-hydrogen) atoms. The second kappa shape index (κ2) is 8.71. The molecule has 2 aromatic carbocycles. The molecule has 7 nitrogen and oxygen atoms in total. The lowest BCUT2D eigenvalue weighted by Crippen LogP contribution is -2.20. The third-order valence-electron chi connectivity index (χ3n) is 5.51. The lowest BCUT2D eigenvalue weighted by molar-refractivity contribution is 0.262. The van der Waals surface area contributed by atoms with Crippen LogP contribution in [0.3, 0.4) is 0 Å². The molecule has 0 atom stereocenters. The van der Waals surface area contributed by atoms with E-state index in [2.05, 4.69) is 34.7 Å². The van der Waals surface area contributed by atoms with E-state index in [1.54, 1.807) is 14.2 Å². The van der Waals surface area contributed by atoms with Crippen LogP contribution in [0.25, 0.3) is 11.3 Å². The fourth-order valence-corrected chi connectivity index (χ4v) is 3.57. The Morgan fingerprint density at radius 3 is 2.35 bits per heavy atom. The molecule has 0 unspecified atom stereocenters. The Morgan fingerprint density at radius 2 is 1.74 bits per heavy atom. The van der Waals surface area contributed by atoms with Crippen LogP contribution in [0.2, 0.25) is 0 Å². The number of H-pyrrole nitrogens is 1. The van der Waals surface area contributed by atoms with Gasteiger partial charge in [-0.05, 0) is 54.7 Å². The van der Waals surface area contributed by atoms with Crippen LogP contribution in [0.4, 0.5) is 16.2 Å². The van der Waals surface area contributed by atoms with Crippen LogP contribution in [0.1, 0.15) is 49.8 Å². The summed E-state index contributed by atoms with van der Waals surface area (Å²) >= 11 is 0. The van der Waals surface area contributed by atoms with Crippen molar-refractivity contribution in [2.24, 2.45) is 0 Å². The second-order valence-corrected chi connectivity index (χ2v) is 8.06. The number of ether oxygens (including phenoxy) is 2. The fourth-order valence-electron chi connectivity index (χ4n) is 3.57. The number of anilines is 2. The number of nitrogens with zero attached hydrogens (tertiary/aromatic N) is 1. The van der Waals surface area contributed by atoms with Crippen molar-refractivity contribution in [3.8, 4) is 22.8 Å². The summed E-state index contributed by atoms with van der Waals surface area (Å²) in [4.78, 5) is 12.8. The summed E-state index contributed by atoms with van der Waals surface area (Å²) < 4.78 is 10.8. The number of rotatable bonds is 7. The molecule has 0 aliphatic heterocycles. The molecular formula is C24H28N4O3. The number of methoxy groups -OCH3 is 2. The minimum absolute atomic E-state index is 0.303. The third kappa shape index (κ3) is 4.50. The van der Waals surface area contributed by atoms with Gasteiger partial charge in [-0.2, -0.15) is 5.10 Å². The van der Waals surface area contributed by atoms with Gasteiger partial charge in [-0.25, -0.2) is 4.79 Å². The molecule has 7 heteroatoms. The number of aromatic amines is 1. The van der Waals surface area contributed by atoms with E-state index in [0.717, 1.165) is 29.8 Å². The molecule has 1 saturated carbocycles. The quantitative estimate of drug-likeness (QED) is 0.455. The zero-order chi connectivity index (χ0) is 22.0. The molecule has 1 aliphatic carbocycles. The number of nitrogens with one attached hydrogen (secondary N) is 3. The van der Waals surface area contributed by atoms with E-state index in [4.69, 9.17) is 9.47 Å². The highest BCUT2D eigenvalue weighted by atomic mass is 16.5. The predicted molar refractivity (Wildman–Crippen MR) is 122 cm³/mol. The highest BCUT2D eigenvalue weighted by molar-refractivity contribution is 6.02. The molecule has 3 aromatic rings. The average Bonchev–Trinajstić information content (AvgIpc) is 3.54. The van der Waals surface area contributed by atoms with E-state index in [1.807, 2.05) is 42.5 Å². The predicted octanol–water partition coefficient (Wildman–Crippen LogP) is 5.74. The van der Waals surface area contributed by atoms with Crippen molar-refractivity contribution in [2.75, 3.05) is 24.9 Å². The molecule has 1 heterocycles. The molecular weight excluding hydrogens is 392 g/mol. The lowest BCUT2D eigenvalue weighted by Gasteiger charge is -2.12. The molecule has 2 amide bonds. The van der Waals surface area contributed by atoms with Crippen molar-refractivity contribution in [2.45, 2.75) is 38.5 Å². The number of urea groups is 1. The molecule has 0 saturated heterocycles. The molecule has 1 aliphatic rings. The maximum atomic E-state index is 12.8. The van der Waals surface area contributed by atoms with Crippen molar-refractivity contribution in [3.63, 3.8) is 0 Å². The normalized spacial score (nSPS) is 13.2. The molecule has 0 spiro atoms. The van der Waals surface area contributed by atoms with Crippen LogP contribution >= 0.6 is 0 Å². The van der Waals surface area contributed by atoms with Crippen molar-refractivity contribution >= 4 is 17.4 Å². The number of carbonyl (C=O) groups excluding carboxylic acids is 1. The van der Waals surface area contributed by atoms with Gasteiger partial charge in [0, 0.05) is 17.2 Å². The first-order valence-electron chi connectivity index (χ1n) is 10.5. The Balaban J connectivity index is 1.59. The van der Waals surface area contributed by atoms with Crippen LogP contribution in [0.5, 0.6) is 11.5 Å². The SMILES string of the molecule is COc1ccc(-c2n[nH]c(C3CC3)c2NC(=O)Nc2ccc(C(C)C)cc2)cc1OC. The van der Waals surface area contributed by atoms with E-state index < -0.39 is 0 Å². The highest BCUT2D eigenvalue weighted by Crippen LogP contribution is 2.45. The van der Waals surface area contributed by atoms with Gasteiger partial charge in [0.15, 0.2) is 11.5 Å². The topological polar surface area (TPSA) is 88.3 Å². The Bertz CT molecular complexity index is 1070. The monoisotopic (exact) mass is 420 g/mol. The zero-order valence-electron chi connectivity index (χ0n) is 18.3. The van der Waals surface area contributed by atoms with Gasteiger partial charge in [0.1, 0.15) is 5.69 Å². The molecule has 0 bridgehead atoms. The Hall–Kier alpha value is -3.48. The van der Waals surface area contributed by atoms with E-state index in [0.29, 0.717) is 34.7 Å². The summed E-state index contributed by atoms with van der Waals surface area (Å²) in [6.45, 7) is 4.28. The summed E-state index contributed by atoms with van der Waals surface area (Å²) in [6.07, 6.45) is 2.17. The van der Waals surface area contributed by atoms with E-state index in [1.165, 1.54) is 5.56 Å². The first-order chi connectivity index (χ1) is 15.0. The van der Waals surface area contributed by atoms with Crippen molar-refractivity contribution in [1.29, 1.82) is 0 Å². The van der Waals surface area contributed by atoms with E-state index in [-0.39, 0.29) is 6.03 Å². The van der Waals surface area contributed by atoms with Gasteiger partial charge in [0.05, 0.1) is 25.6 Å². The summed E-state index contributed by atoms with van der Waals surface area (Å²) in [5.74, 6) is 2.08. The average molecular weight is 421 g/mol. The standard InChI is InChI=1S/C24H28N4O3/c1-14(2)15-7-10-18(11-8-15)25-24(29)26-23-21(16-5-6-16)27-28-22(23)17-9-12-19(30-3)20(13-17)31-4/h7-14,16H,5-6H2,1-4H3,(H,27,28)(H2,25,26,29). The second-order valence-electron chi connectivity index (χ2n) is 8.06. The van der Waals surface area contributed by atoms with Gasteiger partial charge in [-0.3, -0.25) is 5.10 Å². The number of hydrogen-bond donors (Lipinski definition) is 3. The van der Waals surface area contributed by atoms with Gasteiger partial charge in [0.25, 0.3) is 0 Å². The van der Waals surface area contributed by atoms with Gasteiger partial charge in [-0.1, -0.05) is 26.0 Å².